The van der Waals surface area contributed by atoms with Crippen LogP contribution in [0.25, 0.3) is 0 Å². The Morgan fingerprint density at radius 2 is 1.32 bits per heavy atom. The first-order valence-corrected chi connectivity index (χ1v) is 11.1. The molecule has 0 aliphatic heterocycles. The molecule has 0 radical (unpaired) electrons. The maximum atomic E-state index is 11.9. The summed E-state index contributed by atoms with van der Waals surface area (Å²) in [6.45, 7) is 3.44. The molecule has 1 aromatic rings. The fourth-order valence-corrected chi connectivity index (χ4v) is 3.89. The Balaban J connectivity index is 2.19. The van der Waals surface area contributed by atoms with E-state index < -0.39 is 15.9 Å². The monoisotopic (exact) mass is 367 g/mol. The number of hydrogen-bond donors (Lipinski definition) is 1. The smallest absolute Gasteiger partial charge is 0.264 e. The molecule has 0 atom stereocenters. The lowest BCUT2D eigenvalue weighted by Crippen LogP contribution is -2.28. The van der Waals surface area contributed by atoms with E-state index in [1.54, 1.807) is 12.1 Å². The molecule has 0 bridgehead atoms. The number of hydrogen-bond acceptors (Lipinski definition) is 3. The summed E-state index contributed by atoms with van der Waals surface area (Å²) in [5.41, 5.74) is 1.14. The summed E-state index contributed by atoms with van der Waals surface area (Å²) >= 11 is 0. The molecule has 0 saturated carbocycles. The standard InChI is InChI=1S/C20H33NO3S/c1-3-4-5-6-7-8-9-10-11-12-13-19-14-16-20(17-15-19)25(23,24)21-18(2)22/h14-17H,3-13H2,1-2H3,(H,21,22). The number of amides is 1. The first-order chi connectivity index (χ1) is 12.0. The topological polar surface area (TPSA) is 63.2 Å². The van der Waals surface area contributed by atoms with E-state index in [0.29, 0.717) is 0 Å². The minimum absolute atomic E-state index is 0.134. The highest BCUT2D eigenvalue weighted by molar-refractivity contribution is 7.90. The second-order valence-electron chi connectivity index (χ2n) is 6.74. The van der Waals surface area contributed by atoms with Crippen molar-refractivity contribution in [1.82, 2.24) is 4.72 Å². The minimum atomic E-state index is -3.72. The molecular formula is C20H33NO3S. The first-order valence-electron chi connectivity index (χ1n) is 9.58. The highest BCUT2D eigenvalue weighted by Crippen LogP contribution is 2.14. The van der Waals surface area contributed by atoms with E-state index in [1.165, 1.54) is 64.7 Å². The zero-order valence-corrected chi connectivity index (χ0v) is 16.5. The van der Waals surface area contributed by atoms with E-state index in [-0.39, 0.29) is 4.90 Å². The van der Waals surface area contributed by atoms with Crippen LogP contribution in [0.4, 0.5) is 0 Å². The molecule has 1 N–H and O–H groups in total. The number of benzene rings is 1. The Morgan fingerprint density at radius 1 is 0.840 bits per heavy atom. The number of carbonyl (C=O) groups is 1. The van der Waals surface area contributed by atoms with Gasteiger partial charge in [-0.2, -0.15) is 0 Å². The summed E-state index contributed by atoms with van der Waals surface area (Å²) in [6, 6.07) is 6.80. The van der Waals surface area contributed by atoms with Crippen molar-refractivity contribution < 1.29 is 13.2 Å². The van der Waals surface area contributed by atoms with Gasteiger partial charge in [-0.05, 0) is 30.5 Å². The molecule has 25 heavy (non-hydrogen) atoms. The number of unbranched alkanes of at least 4 members (excludes halogenated alkanes) is 9. The molecule has 0 aliphatic rings. The first kappa shape index (κ1) is 21.7. The van der Waals surface area contributed by atoms with Crippen LogP contribution in [0.5, 0.6) is 0 Å². The Kier molecular flexibility index (Phi) is 10.5. The Morgan fingerprint density at radius 3 is 1.80 bits per heavy atom. The van der Waals surface area contributed by atoms with Crippen molar-refractivity contribution in [3.05, 3.63) is 29.8 Å². The van der Waals surface area contributed by atoms with E-state index in [0.717, 1.165) is 18.4 Å². The maximum Gasteiger partial charge on any atom is 0.264 e. The predicted octanol–water partition coefficient (Wildman–Crippen LogP) is 4.97. The number of sulfonamides is 1. The van der Waals surface area contributed by atoms with Crippen LogP contribution in [0, 0.1) is 0 Å². The van der Waals surface area contributed by atoms with E-state index in [1.807, 2.05) is 16.9 Å². The van der Waals surface area contributed by atoms with Gasteiger partial charge < -0.3 is 0 Å². The summed E-state index contributed by atoms with van der Waals surface area (Å²) in [6.07, 6.45) is 14.1. The van der Waals surface area contributed by atoms with Gasteiger partial charge in [-0.15, -0.1) is 0 Å². The van der Waals surface area contributed by atoms with Gasteiger partial charge in [0, 0.05) is 6.92 Å². The third-order valence-electron chi connectivity index (χ3n) is 4.33. The molecule has 0 aromatic heterocycles. The molecule has 142 valence electrons. The van der Waals surface area contributed by atoms with Crippen LogP contribution in [-0.4, -0.2) is 14.3 Å². The van der Waals surface area contributed by atoms with Crippen LogP contribution in [-0.2, 0) is 21.2 Å². The fraction of sp³-hybridized carbons (Fsp3) is 0.650. The Hall–Kier alpha value is -1.36. The van der Waals surface area contributed by atoms with Gasteiger partial charge in [-0.3, -0.25) is 4.79 Å². The van der Waals surface area contributed by atoms with Crippen molar-refractivity contribution in [2.45, 2.75) is 89.4 Å². The van der Waals surface area contributed by atoms with Crippen LogP contribution in [0.3, 0.4) is 0 Å². The number of carbonyl (C=O) groups excluding carboxylic acids is 1. The molecular weight excluding hydrogens is 334 g/mol. The van der Waals surface area contributed by atoms with Gasteiger partial charge in [-0.25, -0.2) is 13.1 Å². The van der Waals surface area contributed by atoms with Gasteiger partial charge in [0.05, 0.1) is 4.90 Å². The van der Waals surface area contributed by atoms with Gasteiger partial charge in [-0.1, -0.05) is 76.8 Å². The molecule has 1 rings (SSSR count). The SMILES string of the molecule is CCCCCCCCCCCCc1ccc(S(=O)(=O)NC(C)=O)cc1. The van der Waals surface area contributed by atoms with Crippen molar-refractivity contribution in [2.24, 2.45) is 0 Å². The lowest BCUT2D eigenvalue weighted by Gasteiger charge is -2.06. The van der Waals surface area contributed by atoms with E-state index in [4.69, 9.17) is 0 Å². The quantitative estimate of drug-likeness (QED) is 0.500. The number of aryl methyl sites for hydroxylation is 1. The van der Waals surface area contributed by atoms with Gasteiger partial charge in [0.2, 0.25) is 5.91 Å². The highest BCUT2D eigenvalue weighted by atomic mass is 32.2. The molecule has 0 heterocycles. The van der Waals surface area contributed by atoms with Gasteiger partial charge in [0.1, 0.15) is 0 Å². The van der Waals surface area contributed by atoms with Gasteiger partial charge >= 0.3 is 0 Å². The predicted molar refractivity (Wildman–Crippen MR) is 103 cm³/mol. The molecule has 0 spiro atoms. The van der Waals surface area contributed by atoms with Crippen molar-refractivity contribution in [1.29, 1.82) is 0 Å². The number of nitrogens with one attached hydrogen (secondary N) is 1. The van der Waals surface area contributed by atoms with E-state index in [2.05, 4.69) is 6.92 Å². The number of rotatable bonds is 13. The average molecular weight is 368 g/mol. The van der Waals surface area contributed by atoms with Crippen LogP contribution in [0.1, 0.15) is 83.6 Å². The maximum absolute atomic E-state index is 11.9. The van der Waals surface area contributed by atoms with Crippen LogP contribution >= 0.6 is 0 Å². The van der Waals surface area contributed by atoms with Crippen LogP contribution < -0.4 is 4.72 Å². The lowest BCUT2D eigenvalue weighted by atomic mass is 10.0. The molecule has 5 heteroatoms. The van der Waals surface area contributed by atoms with Crippen molar-refractivity contribution in [3.8, 4) is 0 Å². The molecule has 4 nitrogen and oxygen atoms in total. The summed E-state index contributed by atoms with van der Waals surface area (Å²) in [5.74, 6) is -0.575. The summed E-state index contributed by atoms with van der Waals surface area (Å²) in [4.78, 5) is 11.1. The molecule has 0 unspecified atom stereocenters. The minimum Gasteiger partial charge on any atom is -0.274 e. The second-order valence-corrected chi connectivity index (χ2v) is 8.42. The van der Waals surface area contributed by atoms with E-state index >= 15 is 0 Å². The van der Waals surface area contributed by atoms with Gasteiger partial charge in [0.15, 0.2) is 0 Å². The fourth-order valence-electron chi connectivity index (χ4n) is 2.90. The van der Waals surface area contributed by atoms with Crippen LogP contribution in [0.2, 0.25) is 0 Å². The Bertz CT molecular complexity index is 594. The largest absolute Gasteiger partial charge is 0.274 e. The Labute approximate surface area is 153 Å². The second kappa shape index (κ2) is 12.1. The van der Waals surface area contributed by atoms with Crippen molar-refractivity contribution in [3.63, 3.8) is 0 Å². The van der Waals surface area contributed by atoms with Crippen molar-refractivity contribution >= 4 is 15.9 Å². The summed E-state index contributed by atoms with van der Waals surface area (Å²) in [7, 11) is -3.72. The molecule has 1 amide bonds. The summed E-state index contributed by atoms with van der Waals surface area (Å²) < 4.78 is 25.7. The average Bonchev–Trinajstić information content (AvgIpc) is 2.56. The zero-order valence-electron chi connectivity index (χ0n) is 15.7. The third-order valence-corrected chi connectivity index (χ3v) is 5.78. The lowest BCUT2D eigenvalue weighted by molar-refractivity contribution is -0.117. The molecule has 0 saturated heterocycles. The highest BCUT2D eigenvalue weighted by Gasteiger charge is 2.14. The zero-order chi connectivity index (χ0) is 18.5. The summed E-state index contributed by atoms with van der Waals surface area (Å²) in [5, 5.41) is 0. The van der Waals surface area contributed by atoms with E-state index in [9.17, 15) is 13.2 Å². The molecule has 1 aromatic carbocycles. The third kappa shape index (κ3) is 9.63. The van der Waals surface area contributed by atoms with Gasteiger partial charge in [0.25, 0.3) is 10.0 Å². The normalized spacial score (nSPS) is 11.4. The molecule has 0 fully saturated rings. The van der Waals surface area contributed by atoms with Crippen LogP contribution in [0.15, 0.2) is 29.2 Å². The van der Waals surface area contributed by atoms with Crippen molar-refractivity contribution in [2.75, 3.05) is 0 Å². The molecule has 0 aliphatic carbocycles.